The molecular formula is C80H73Cl4F3N12O6. The summed E-state index contributed by atoms with van der Waals surface area (Å²) in [6, 6.07) is 42.7. The first-order chi connectivity index (χ1) is 50.2. The van der Waals surface area contributed by atoms with Gasteiger partial charge >= 0.3 is 0 Å². The van der Waals surface area contributed by atoms with E-state index in [1.165, 1.54) is 72.8 Å². The minimum atomic E-state index is -0.599. The summed E-state index contributed by atoms with van der Waals surface area (Å²) in [7, 11) is 0. The van der Waals surface area contributed by atoms with E-state index < -0.39 is 17.5 Å². The molecule has 18 nitrogen and oxygen atoms in total. The molecule has 14 rings (SSSR count). The maximum absolute atomic E-state index is 14.8. The van der Waals surface area contributed by atoms with Gasteiger partial charge in [-0.05, 0) is 102 Å². The number of phenolic OH excluding ortho intramolecular Hbond substituents is 3. The second-order valence-corrected chi connectivity index (χ2v) is 26.6. The number of phenols is 3. The largest absolute Gasteiger partial charge is 0.507 e. The van der Waals surface area contributed by atoms with Crippen LogP contribution in [0.15, 0.2) is 190 Å². The number of piperazine rings is 3. The SMILES string of the molecule is C.C=CC(=O)N1CCN(c2nnc(Cl)c3cc(-c4c(O)cccc4F)c(Cl)cc23)CC1.C=CC(=O)N1CCN(c2nnc([C@@H](C)c3ccccc3)c3cc(-c4c(O)cccc4F)c(Cl)cc23)CC1.C=CC(=O)N1CCN(c2nnc([C@H](C)c3ccccc3)c3cc(-c4c(O)cccc4F)c(Cl)cc23)CC1. The van der Waals surface area contributed by atoms with Crippen LogP contribution < -0.4 is 14.7 Å². The van der Waals surface area contributed by atoms with Crippen LogP contribution in [-0.4, -0.2) is 157 Å². The number of nitrogens with zero attached hydrogens (tertiary/aromatic N) is 12. The van der Waals surface area contributed by atoms with Crippen LogP contribution in [0, 0.1) is 17.5 Å². The molecule has 3 amide bonds. The summed E-state index contributed by atoms with van der Waals surface area (Å²) in [6.07, 6.45) is 3.95. The Morgan fingerprint density at radius 3 is 0.971 bits per heavy atom. The van der Waals surface area contributed by atoms with Gasteiger partial charge in [0.05, 0.1) is 28.1 Å². The number of hydrogen-bond donors (Lipinski definition) is 3. The molecular weight excluding hydrogens is 1420 g/mol. The molecule has 3 fully saturated rings. The minimum Gasteiger partial charge on any atom is -0.507 e. The first-order valence-electron chi connectivity index (χ1n) is 33.4. The summed E-state index contributed by atoms with van der Waals surface area (Å²) in [4.78, 5) is 47.3. The van der Waals surface area contributed by atoms with E-state index in [1.54, 1.807) is 51.1 Å². The van der Waals surface area contributed by atoms with Crippen molar-refractivity contribution in [1.29, 1.82) is 0 Å². The third-order valence-corrected chi connectivity index (χ3v) is 20.2. The van der Waals surface area contributed by atoms with Crippen LogP contribution in [0.3, 0.4) is 0 Å². The number of benzene rings is 8. The maximum atomic E-state index is 14.8. The Labute approximate surface area is 625 Å². The number of halogens is 7. The van der Waals surface area contributed by atoms with E-state index in [1.807, 2.05) is 79.4 Å². The highest BCUT2D eigenvalue weighted by atomic mass is 35.5. The fourth-order valence-electron chi connectivity index (χ4n) is 13.3. The van der Waals surface area contributed by atoms with E-state index in [-0.39, 0.29) is 81.1 Å². The minimum absolute atomic E-state index is 0. The lowest BCUT2D eigenvalue weighted by atomic mass is 9.92. The van der Waals surface area contributed by atoms with E-state index in [0.717, 1.165) is 44.1 Å². The maximum Gasteiger partial charge on any atom is 0.246 e. The summed E-state index contributed by atoms with van der Waals surface area (Å²) in [5.74, 6) is -0.972. The summed E-state index contributed by atoms with van der Waals surface area (Å²) < 4.78 is 44.1. The molecule has 3 aliphatic heterocycles. The summed E-state index contributed by atoms with van der Waals surface area (Å²) in [5, 5.41) is 63.2. The number of aromatic hydroxyl groups is 3. The van der Waals surface area contributed by atoms with Crippen molar-refractivity contribution in [2.45, 2.75) is 33.1 Å². The number of carbonyl (C=O) groups excluding carboxylic acids is 3. The average Bonchev–Trinajstić information content (AvgIpc) is 0.774. The van der Waals surface area contributed by atoms with Gasteiger partial charge in [-0.3, -0.25) is 14.4 Å². The second kappa shape index (κ2) is 32.9. The summed E-state index contributed by atoms with van der Waals surface area (Å²) in [6.45, 7) is 21.3. The summed E-state index contributed by atoms with van der Waals surface area (Å²) in [5.41, 5.74) is 4.72. The van der Waals surface area contributed by atoms with Gasteiger partial charge in [0.25, 0.3) is 0 Å². The van der Waals surface area contributed by atoms with Crippen LogP contribution in [0.4, 0.5) is 30.6 Å². The van der Waals surface area contributed by atoms with Gasteiger partial charge in [0.2, 0.25) is 17.7 Å². The van der Waals surface area contributed by atoms with E-state index >= 15 is 0 Å². The lowest BCUT2D eigenvalue weighted by molar-refractivity contribution is -0.127. The standard InChI is InChI=1S/2C29H26ClFN4O2.C21H17Cl2FN4O2.CH4/c2*1-3-26(37)34-12-14-35(15-13-34)29-21-17-23(30)22(27-24(31)10-7-11-25(27)36)16-20(21)28(32-33-29)18(2)19-8-5-4-6-9-19;1-2-18(30)27-6-8-28(9-7-27)21-13-11-15(22)14(10-12(13)20(23)25-26-21)19-16(24)4-3-5-17(19)29;/h2*3-11,16-18,36H,1,12-15H2,2H3;2-5,10-11,29H,1,6-9H2;1H4/t2*18-;;/m10../s1. The van der Waals surface area contributed by atoms with Crippen molar-refractivity contribution < 1.29 is 42.9 Å². The van der Waals surface area contributed by atoms with Crippen LogP contribution in [0.25, 0.3) is 65.7 Å². The number of hydrogen-bond acceptors (Lipinski definition) is 15. The first kappa shape index (κ1) is 75.3. The highest BCUT2D eigenvalue weighted by Crippen LogP contribution is 2.46. The molecule has 2 atom stereocenters. The van der Waals surface area contributed by atoms with Gasteiger partial charge in [-0.15, -0.1) is 20.4 Å². The zero-order valence-electron chi connectivity index (χ0n) is 56.5. The Kier molecular flexibility index (Phi) is 23.6. The molecule has 0 spiro atoms. The van der Waals surface area contributed by atoms with E-state index in [0.29, 0.717) is 133 Å². The molecule has 6 heterocycles. The molecule has 25 heteroatoms. The van der Waals surface area contributed by atoms with Gasteiger partial charge in [-0.2, -0.15) is 10.2 Å². The molecule has 0 radical (unpaired) electrons. The zero-order valence-corrected chi connectivity index (χ0v) is 59.5. The normalized spacial score (nSPS) is 14.3. The Balaban J connectivity index is 0.000000158. The number of anilines is 3. The lowest BCUT2D eigenvalue weighted by Crippen LogP contribution is -2.48. The molecule has 0 unspecified atom stereocenters. The van der Waals surface area contributed by atoms with Gasteiger partial charge < -0.3 is 44.7 Å². The van der Waals surface area contributed by atoms with Gasteiger partial charge in [-0.1, -0.05) is 166 Å². The van der Waals surface area contributed by atoms with Crippen molar-refractivity contribution in [3.05, 3.63) is 250 Å². The van der Waals surface area contributed by atoms with Crippen molar-refractivity contribution in [3.63, 3.8) is 0 Å². The highest BCUT2D eigenvalue weighted by Gasteiger charge is 2.31. The molecule has 3 saturated heterocycles. The van der Waals surface area contributed by atoms with Crippen molar-refractivity contribution in [3.8, 4) is 50.6 Å². The molecule has 3 aromatic heterocycles. The van der Waals surface area contributed by atoms with Gasteiger partial charge in [0.15, 0.2) is 22.6 Å². The number of amides is 3. The number of aromatic nitrogens is 6. The smallest absolute Gasteiger partial charge is 0.246 e. The first-order valence-corrected chi connectivity index (χ1v) is 34.9. The molecule has 538 valence electrons. The Morgan fingerprint density at radius 1 is 0.390 bits per heavy atom. The zero-order chi connectivity index (χ0) is 73.6. The number of rotatable bonds is 13. The van der Waals surface area contributed by atoms with Crippen LogP contribution in [0.2, 0.25) is 20.2 Å². The fraction of sp³-hybridized carbons (Fsp3) is 0.212. The monoisotopic (exact) mass is 1490 g/mol. The van der Waals surface area contributed by atoms with E-state index in [9.17, 15) is 42.9 Å². The summed E-state index contributed by atoms with van der Waals surface area (Å²) >= 11 is 26.2. The second-order valence-electron chi connectivity index (χ2n) is 25.0. The van der Waals surface area contributed by atoms with E-state index in [4.69, 9.17) is 46.4 Å². The topological polar surface area (TPSA) is 209 Å². The van der Waals surface area contributed by atoms with Crippen LogP contribution in [-0.2, 0) is 14.4 Å². The molecule has 0 aliphatic carbocycles. The predicted octanol–water partition coefficient (Wildman–Crippen LogP) is 16.5. The number of carbonyl (C=O) groups is 3. The Bertz CT molecular complexity index is 4850. The number of fused-ring (bicyclic) bond motifs is 3. The lowest BCUT2D eigenvalue weighted by Gasteiger charge is -2.35. The van der Waals surface area contributed by atoms with Crippen LogP contribution in [0.1, 0.15) is 55.6 Å². The third kappa shape index (κ3) is 15.7. The third-order valence-electron chi connectivity index (χ3n) is 19.0. The highest BCUT2D eigenvalue weighted by molar-refractivity contribution is 6.38. The quantitative estimate of drug-likeness (QED) is 0.0917. The van der Waals surface area contributed by atoms with Crippen molar-refractivity contribution >= 4 is 114 Å². The van der Waals surface area contributed by atoms with Gasteiger partial charge in [0.1, 0.15) is 34.7 Å². The van der Waals surface area contributed by atoms with Gasteiger partial charge in [0, 0.05) is 154 Å². The van der Waals surface area contributed by atoms with E-state index in [2.05, 4.69) is 60.1 Å². The van der Waals surface area contributed by atoms with Crippen molar-refractivity contribution in [1.82, 2.24) is 45.3 Å². The molecule has 105 heavy (non-hydrogen) atoms. The molecule has 8 aromatic carbocycles. The molecule has 3 aliphatic rings. The molecule has 0 saturated carbocycles. The molecule has 0 bridgehead atoms. The average molecular weight is 1500 g/mol. The Morgan fingerprint density at radius 2 is 0.676 bits per heavy atom. The molecule has 11 aromatic rings. The van der Waals surface area contributed by atoms with Crippen molar-refractivity contribution in [2.24, 2.45) is 0 Å². The van der Waals surface area contributed by atoms with Crippen LogP contribution in [0.5, 0.6) is 17.2 Å². The Hall–Kier alpha value is -10.8. The van der Waals surface area contributed by atoms with Crippen molar-refractivity contribution in [2.75, 3.05) is 93.2 Å². The fourth-order valence-corrected chi connectivity index (χ4v) is 14.3. The van der Waals surface area contributed by atoms with Crippen LogP contribution >= 0.6 is 46.4 Å². The van der Waals surface area contributed by atoms with Gasteiger partial charge in [-0.25, -0.2) is 13.2 Å². The molecule has 3 N–H and O–H groups in total. The predicted molar refractivity (Wildman–Crippen MR) is 411 cm³/mol.